The van der Waals surface area contributed by atoms with Gasteiger partial charge < -0.3 is 14.8 Å². The van der Waals surface area contributed by atoms with Crippen LogP contribution in [0.2, 0.25) is 0 Å². The highest BCUT2D eigenvalue weighted by atomic mass is 16.5. The van der Waals surface area contributed by atoms with E-state index in [0.29, 0.717) is 26.4 Å². The number of carbonyl (C=O) groups excluding carboxylic acids is 1. The maximum absolute atomic E-state index is 10.2. The van der Waals surface area contributed by atoms with Crippen LogP contribution in [-0.2, 0) is 14.3 Å². The van der Waals surface area contributed by atoms with Gasteiger partial charge >= 0.3 is 0 Å². The van der Waals surface area contributed by atoms with E-state index in [1.165, 1.54) is 0 Å². The van der Waals surface area contributed by atoms with Gasteiger partial charge in [-0.05, 0) is 0 Å². The largest absolute Gasteiger partial charge is 0.382 e. The third-order valence-electron chi connectivity index (χ3n) is 1.00. The van der Waals surface area contributed by atoms with Crippen LogP contribution in [0.5, 0.6) is 0 Å². The van der Waals surface area contributed by atoms with Gasteiger partial charge in [0, 0.05) is 20.6 Å². The molecule has 0 bridgehead atoms. The zero-order chi connectivity index (χ0) is 8.53. The Balaban J connectivity index is 2.85. The van der Waals surface area contributed by atoms with Gasteiger partial charge in [-0.15, -0.1) is 0 Å². The van der Waals surface area contributed by atoms with Crippen molar-refractivity contribution in [1.82, 2.24) is 5.32 Å². The smallest absolute Gasteiger partial charge is 0.220 e. The fraction of sp³-hybridized carbons (Fsp3) is 0.714. The molecule has 0 spiro atoms. The van der Waals surface area contributed by atoms with Gasteiger partial charge in [-0.25, -0.2) is 0 Å². The van der Waals surface area contributed by atoms with Crippen molar-refractivity contribution in [3.63, 3.8) is 0 Å². The normalized spacial score (nSPS) is 9.64. The summed E-state index contributed by atoms with van der Waals surface area (Å²) in [6.45, 7) is 5.29. The van der Waals surface area contributed by atoms with E-state index in [-0.39, 0.29) is 5.91 Å². The minimum absolute atomic E-state index is 0.277. The molecule has 0 aliphatic rings. The molecule has 0 saturated heterocycles. The lowest BCUT2D eigenvalue weighted by Crippen LogP contribution is -2.25. The summed E-state index contributed by atoms with van der Waals surface area (Å²) in [5.41, 5.74) is 0. The quantitative estimate of drug-likeness (QED) is 0.538. The standard InChI is InChI=1S/C7H14NO3/c1-7(9)8-3-4-11-6-5-10-2/h1,3-6H2,2H3,(H,8,9). The molecule has 0 aliphatic carbocycles. The van der Waals surface area contributed by atoms with Gasteiger partial charge in [0.1, 0.15) is 0 Å². The summed E-state index contributed by atoms with van der Waals surface area (Å²) in [5, 5.41) is 2.51. The minimum Gasteiger partial charge on any atom is -0.382 e. The molecule has 0 heterocycles. The summed E-state index contributed by atoms with van der Waals surface area (Å²) < 4.78 is 9.80. The van der Waals surface area contributed by atoms with E-state index >= 15 is 0 Å². The molecule has 4 heteroatoms. The summed E-state index contributed by atoms with van der Waals surface area (Å²) in [5.74, 6) is -0.277. The number of methoxy groups -OCH3 is 1. The first-order chi connectivity index (χ1) is 5.27. The van der Waals surface area contributed by atoms with Crippen molar-refractivity contribution in [2.75, 3.05) is 33.5 Å². The van der Waals surface area contributed by atoms with Gasteiger partial charge in [0.05, 0.1) is 19.8 Å². The molecule has 0 fully saturated rings. The molecule has 1 N–H and O–H groups in total. The molecule has 0 unspecified atom stereocenters. The van der Waals surface area contributed by atoms with Gasteiger partial charge in [-0.3, -0.25) is 4.79 Å². The second-order valence-corrected chi connectivity index (χ2v) is 1.96. The van der Waals surface area contributed by atoms with Crippen LogP contribution < -0.4 is 5.32 Å². The van der Waals surface area contributed by atoms with Gasteiger partial charge in [0.15, 0.2) is 0 Å². The van der Waals surface area contributed by atoms with Crippen LogP contribution in [0.15, 0.2) is 0 Å². The second kappa shape index (κ2) is 7.50. The highest BCUT2D eigenvalue weighted by Crippen LogP contribution is 1.74. The first-order valence-electron chi connectivity index (χ1n) is 3.44. The van der Waals surface area contributed by atoms with Crippen LogP contribution in [0, 0.1) is 6.92 Å². The molecular formula is C7H14NO3. The predicted octanol–water partition coefficient (Wildman–Crippen LogP) is -0.400. The Hall–Kier alpha value is -0.610. The molecule has 0 atom stereocenters. The number of hydrogen-bond donors (Lipinski definition) is 1. The predicted molar refractivity (Wildman–Crippen MR) is 41.1 cm³/mol. The van der Waals surface area contributed by atoms with E-state index in [4.69, 9.17) is 9.47 Å². The van der Waals surface area contributed by atoms with Crippen LogP contribution in [0.4, 0.5) is 0 Å². The zero-order valence-corrected chi connectivity index (χ0v) is 6.76. The van der Waals surface area contributed by atoms with Crippen LogP contribution >= 0.6 is 0 Å². The zero-order valence-electron chi connectivity index (χ0n) is 6.76. The van der Waals surface area contributed by atoms with Crippen molar-refractivity contribution in [3.8, 4) is 0 Å². The summed E-state index contributed by atoms with van der Waals surface area (Å²) in [4.78, 5) is 10.2. The van der Waals surface area contributed by atoms with Gasteiger partial charge in [0.25, 0.3) is 0 Å². The Bertz CT molecular complexity index is 106. The first kappa shape index (κ1) is 10.4. The lowest BCUT2D eigenvalue weighted by molar-refractivity contribution is -0.117. The van der Waals surface area contributed by atoms with Crippen molar-refractivity contribution in [2.45, 2.75) is 0 Å². The molecule has 0 aromatic heterocycles. The first-order valence-corrected chi connectivity index (χ1v) is 3.44. The van der Waals surface area contributed by atoms with Gasteiger partial charge in [-0.2, -0.15) is 0 Å². The molecule has 1 amide bonds. The molecule has 0 saturated carbocycles. The van der Waals surface area contributed by atoms with Crippen LogP contribution in [0.25, 0.3) is 0 Å². The lowest BCUT2D eigenvalue weighted by Gasteiger charge is -2.03. The van der Waals surface area contributed by atoms with Crippen molar-refractivity contribution >= 4 is 5.91 Å². The highest BCUT2D eigenvalue weighted by Gasteiger charge is 1.89. The summed E-state index contributed by atoms with van der Waals surface area (Å²) in [6.07, 6.45) is 0. The second-order valence-electron chi connectivity index (χ2n) is 1.96. The third-order valence-corrected chi connectivity index (χ3v) is 1.00. The van der Waals surface area contributed by atoms with Crippen molar-refractivity contribution < 1.29 is 14.3 Å². The number of ether oxygens (including phenoxy) is 2. The number of amides is 1. The highest BCUT2D eigenvalue weighted by molar-refractivity contribution is 5.79. The average molecular weight is 160 g/mol. The monoisotopic (exact) mass is 160 g/mol. The van der Waals surface area contributed by atoms with Crippen molar-refractivity contribution in [2.24, 2.45) is 0 Å². The maximum atomic E-state index is 10.2. The van der Waals surface area contributed by atoms with E-state index in [0.717, 1.165) is 0 Å². The third kappa shape index (κ3) is 9.39. The summed E-state index contributed by atoms with van der Waals surface area (Å²) in [7, 11) is 1.61. The number of nitrogens with one attached hydrogen (secondary N) is 1. The van der Waals surface area contributed by atoms with E-state index in [2.05, 4.69) is 12.2 Å². The number of hydrogen-bond acceptors (Lipinski definition) is 3. The van der Waals surface area contributed by atoms with Gasteiger partial charge in [0.2, 0.25) is 5.91 Å². The Morgan fingerprint density at radius 1 is 1.45 bits per heavy atom. The van der Waals surface area contributed by atoms with E-state index in [9.17, 15) is 4.79 Å². The molecule has 0 aliphatic heterocycles. The molecule has 0 aromatic rings. The molecule has 65 valence electrons. The summed E-state index contributed by atoms with van der Waals surface area (Å²) >= 11 is 0. The Kier molecular flexibility index (Phi) is 7.08. The Morgan fingerprint density at radius 3 is 2.73 bits per heavy atom. The van der Waals surface area contributed by atoms with Gasteiger partial charge in [-0.1, -0.05) is 0 Å². The number of rotatable bonds is 6. The van der Waals surface area contributed by atoms with E-state index in [1.54, 1.807) is 7.11 Å². The molecule has 0 rings (SSSR count). The summed E-state index contributed by atoms with van der Waals surface area (Å²) in [6, 6.07) is 0. The Morgan fingerprint density at radius 2 is 2.18 bits per heavy atom. The molecule has 0 aromatic carbocycles. The Labute approximate surface area is 66.9 Å². The van der Waals surface area contributed by atoms with E-state index < -0.39 is 0 Å². The van der Waals surface area contributed by atoms with Crippen molar-refractivity contribution in [1.29, 1.82) is 0 Å². The molecule has 1 radical (unpaired) electrons. The molecule has 4 nitrogen and oxygen atoms in total. The minimum atomic E-state index is -0.277. The van der Waals surface area contributed by atoms with Crippen LogP contribution in [0.3, 0.4) is 0 Å². The average Bonchev–Trinajstić information content (AvgIpc) is 1.96. The lowest BCUT2D eigenvalue weighted by atomic mass is 10.6. The van der Waals surface area contributed by atoms with Crippen LogP contribution in [0.1, 0.15) is 0 Å². The topological polar surface area (TPSA) is 47.6 Å². The number of carbonyl (C=O) groups is 1. The van der Waals surface area contributed by atoms with Crippen LogP contribution in [-0.4, -0.2) is 39.4 Å². The SMILES string of the molecule is [CH2]C(=O)NCCOCCOC. The van der Waals surface area contributed by atoms with Crippen molar-refractivity contribution in [3.05, 3.63) is 6.92 Å². The fourth-order valence-electron chi connectivity index (χ4n) is 0.507. The maximum Gasteiger partial charge on any atom is 0.220 e. The molecule has 11 heavy (non-hydrogen) atoms. The fourth-order valence-corrected chi connectivity index (χ4v) is 0.507. The molecular weight excluding hydrogens is 146 g/mol. The van der Waals surface area contributed by atoms with E-state index in [1.807, 2.05) is 0 Å².